The van der Waals surface area contributed by atoms with Crippen LogP contribution in [0.4, 0.5) is 5.82 Å². The van der Waals surface area contributed by atoms with Gasteiger partial charge in [-0.15, -0.1) is 11.3 Å². The lowest BCUT2D eigenvalue weighted by molar-refractivity contribution is 0.0656. The normalized spacial score (nSPS) is 17.0. The summed E-state index contributed by atoms with van der Waals surface area (Å²) in [6, 6.07) is 19.6. The van der Waals surface area contributed by atoms with Crippen LogP contribution in [0.2, 0.25) is 0 Å². The first-order valence-electron chi connectivity index (χ1n) is 11.4. The maximum absolute atomic E-state index is 12.9. The number of carbonyl (C=O) groups excluding carboxylic acids is 1. The summed E-state index contributed by atoms with van der Waals surface area (Å²) in [5.41, 5.74) is 3.57. The summed E-state index contributed by atoms with van der Waals surface area (Å²) in [5, 5.41) is 16.6. The average molecular weight is 474 g/mol. The summed E-state index contributed by atoms with van der Waals surface area (Å²) >= 11 is 1.59. The van der Waals surface area contributed by atoms with Crippen LogP contribution in [0.15, 0.2) is 67.0 Å². The highest BCUT2D eigenvalue weighted by atomic mass is 32.1. The number of hydrogen-bond donors (Lipinski definition) is 3. The Morgan fingerprint density at radius 2 is 2.00 bits per heavy atom. The number of benzene rings is 2. The van der Waals surface area contributed by atoms with Crippen molar-refractivity contribution in [2.75, 3.05) is 31.6 Å². The highest BCUT2D eigenvalue weighted by Gasteiger charge is 2.24. The van der Waals surface area contributed by atoms with Crippen molar-refractivity contribution in [3.05, 3.63) is 78.1 Å². The van der Waals surface area contributed by atoms with Crippen LogP contribution in [-0.4, -0.2) is 58.2 Å². The molecule has 2 atom stereocenters. The van der Waals surface area contributed by atoms with Gasteiger partial charge in [0.2, 0.25) is 0 Å². The molecule has 0 bridgehead atoms. The Labute approximate surface area is 202 Å². The lowest BCUT2D eigenvalue weighted by Gasteiger charge is -2.34. The first kappa shape index (κ1) is 22.5. The molecule has 3 N–H and O–H groups in total. The molecular weight excluding hydrogens is 446 g/mol. The van der Waals surface area contributed by atoms with Crippen LogP contribution in [0.25, 0.3) is 20.7 Å². The smallest absolute Gasteiger partial charge is 0.254 e. The molecule has 1 saturated heterocycles. The second kappa shape index (κ2) is 9.89. The number of aromatic nitrogens is 2. The number of aliphatic hydroxyl groups is 1. The van der Waals surface area contributed by atoms with E-state index in [1.165, 1.54) is 6.33 Å². The van der Waals surface area contributed by atoms with Crippen molar-refractivity contribution in [3.8, 4) is 10.4 Å². The summed E-state index contributed by atoms with van der Waals surface area (Å²) in [7, 11) is 0. The molecule has 3 heterocycles. The molecule has 5 rings (SSSR count). The van der Waals surface area contributed by atoms with Crippen molar-refractivity contribution in [1.82, 2.24) is 20.2 Å². The van der Waals surface area contributed by atoms with Crippen molar-refractivity contribution in [2.45, 2.75) is 19.0 Å². The fourth-order valence-electron chi connectivity index (χ4n) is 4.27. The standard InChI is InChI=1S/C26H27N5O2S/c1-17-14-27-11-12-31(17)26(33)20-9-7-19(8-10-20)23-13-21-24(34-23)25(29-16-28-21)30-22(15-32)18-5-3-2-4-6-18/h2-10,13,16-17,22,27,32H,11-12,14-15H2,1H3,(H,28,29,30). The van der Waals surface area contributed by atoms with E-state index in [1.54, 1.807) is 11.3 Å². The van der Waals surface area contributed by atoms with E-state index in [0.29, 0.717) is 11.4 Å². The van der Waals surface area contributed by atoms with Crippen LogP contribution >= 0.6 is 11.3 Å². The van der Waals surface area contributed by atoms with Gasteiger partial charge >= 0.3 is 0 Å². The van der Waals surface area contributed by atoms with Crippen LogP contribution in [0, 0.1) is 0 Å². The molecule has 7 nitrogen and oxygen atoms in total. The zero-order valence-electron chi connectivity index (χ0n) is 18.9. The molecular formula is C26H27N5O2S. The first-order chi connectivity index (χ1) is 16.6. The van der Waals surface area contributed by atoms with E-state index in [-0.39, 0.29) is 24.6 Å². The van der Waals surface area contributed by atoms with Crippen molar-refractivity contribution in [2.24, 2.45) is 0 Å². The van der Waals surface area contributed by atoms with Crippen molar-refractivity contribution in [3.63, 3.8) is 0 Å². The third-order valence-corrected chi connectivity index (χ3v) is 7.37. The molecule has 4 aromatic rings. The Bertz CT molecular complexity index is 1280. The Morgan fingerprint density at radius 3 is 2.74 bits per heavy atom. The van der Waals surface area contributed by atoms with Gasteiger partial charge in [0.05, 0.1) is 22.9 Å². The number of carbonyl (C=O) groups is 1. The molecule has 2 aromatic heterocycles. The highest BCUT2D eigenvalue weighted by molar-refractivity contribution is 7.22. The van der Waals surface area contributed by atoms with Gasteiger partial charge in [-0.25, -0.2) is 9.97 Å². The third-order valence-electron chi connectivity index (χ3n) is 6.19. The predicted molar refractivity (Wildman–Crippen MR) is 136 cm³/mol. The van der Waals surface area contributed by atoms with Crippen LogP contribution in [-0.2, 0) is 0 Å². The van der Waals surface area contributed by atoms with E-state index in [0.717, 1.165) is 45.9 Å². The number of thiophene rings is 1. The van der Waals surface area contributed by atoms with Gasteiger partial charge in [0.25, 0.3) is 5.91 Å². The SMILES string of the molecule is CC1CNCCN1C(=O)c1ccc(-c2cc3ncnc(NC(CO)c4ccccc4)c3s2)cc1. The molecule has 2 aromatic carbocycles. The van der Waals surface area contributed by atoms with Crippen LogP contribution in [0.1, 0.15) is 28.9 Å². The van der Waals surface area contributed by atoms with E-state index < -0.39 is 0 Å². The van der Waals surface area contributed by atoms with Crippen molar-refractivity contribution in [1.29, 1.82) is 0 Å². The molecule has 0 saturated carbocycles. The zero-order valence-corrected chi connectivity index (χ0v) is 19.8. The first-order valence-corrected chi connectivity index (χ1v) is 12.2. The maximum atomic E-state index is 12.9. The number of aliphatic hydroxyl groups excluding tert-OH is 1. The predicted octanol–water partition coefficient (Wildman–Crippen LogP) is 3.94. The number of nitrogens with zero attached hydrogens (tertiary/aromatic N) is 3. The van der Waals surface area contributed by atoms with Crippen molar-refractivity contribution >= 4 is 33.3 Å². The Balaban J connectivity index is 1.39. The van der Waals surface area contributed by atoms with Crippen molar-refractivity contribution < 1.29 is 9.90 Å². The molecule has 1 fully saturated rings. The van der Waals surface area contributed by atoms with Crippen LogP contribution < -0.4 is 10.6 Å². The number of anilines is 1. The lowest BCUT2D eigenvalue weighted by Crippen LogP contribution is -2.52. The van der Waals surface area contributed by atoms with Gasteiger partial charge < -0.3 is 20.6 Å². The van der Waals surface area contributed by atoms with Gasteiger partial charge in [-0.05, 0) is 36.2 Å². The van der Waals surface area contributed by atoms with Crippen LogP contribution in [0.5, 0.6) is 0 Å². The minimum atomic E-state index is -0.262. The summed E-state index contributed by atoms with van der Waals surface area (Å²) in [6.45, 7) is 4.40. The second-order valence-electron chi connectivity index (χ2n) is 8.47. The lowest BCUT2D eigenvalue weighted by atomic mass is 10.1. The Hall–Kier alpha value is -3.33. The van der Waals surface area contributed by atoms with E-state index in [2.05, 4.69) is 27.5 Å². The fourth-order valence-corrected chi connectivity index (χ4v) is 5.34. The molecule has 1 amide bonds. The third kappa shape index (κ3) is 4.52. The Kier molecular flexibility index (Phi) is 6.53. The topological polar surface area (TPSA) is 90.4 Å². The van der Waals surface area contributed by atoms with E-state index in [1.807, 2.05) is 65.6 Å². The number of amides is 1. The summed E-state index contributed by atoms with van der Waals surface area (Å²) < 4.78 is 0.932. The molecule has 1 aliphatic heterocycles. The average Bonchev–Trinajstić information content (AvgIpc) is 3.33. The summed E-state index contributed by atoms with van der Waals surface area (Å²) in [6.07, 6.45) is 1.54. The Morgan fingerprint density at radius 1 is 1.21 bits per heavy atom. The monoisotopic (exact) mass is 473 g/mol. The molecule has 0 spiro atoms. The minimum Gasteiger partial charge on any atom is -0.394 e. The zero-order chi connectivity index (χ0) is 23.5. The molecule has 0 radical (unpaired) electrons. The van der Waals surface area contributed by atoms with Gasteiger partial charge in [-0.3, -0.25) is 4.79 Å². The van der Waals surface area contributed by atoms with Gasteiger partial charge in [0.1, 0.15) is 12.1 Å². The van der Waals surface area contributed by atoms with Gasteiger partial charge in [-0.2, -0.15) is 0 Å². The second-order valence-corrected chi connectivity index (χ2v) is 9.52. The summed E-state index contributed by atoms with van der Waals surface area (Å²) in [5.74, 6) is 0.772. The van der Waals surface area contributed by atoms with Gasteiger partial charge in [0, 0.05) is 36.1 Å². The number of fused-ring (bicyclic) bond motifs is 1. The molecule has 8 heteroatoms. The van der Waals surface area contributed by atoms with Gasteiger partial charge in [-0.1, -0.05) is 42.5 Å². The largest absolute Gasteiger partial charge is 0.394 e. The van der Waals surface area contributed by atoms with E-state index in [4.69, 9.17) is 0 Å². The summed E-state index contributed by atoms with van der Waals surface area (Å²) in [4.78, 5) is 24.8. The molecule has 34 heavy (non-hydrogen) atoms. The fraction of sp³-hybridized carbons (Fsp3) is 0.269. The molecule has 0 aliphatic carbocycles. The highest BCUT2D eigenvalue weighted by Crippen LogP contribution is 2.36. The minimum absolute atomic E-state index is 0.0467. The molecule has 1 aliphatic rings. The number of hydrogen-bond acceptors (Lipinski definition) is 7. The number of piperazine rings is 1. The number of rotatable bonds is 6. The molecule has 2 unspecified atom stereocenters. The van der Waals surface area contributed by atoms with E-state index >= 15 is 0 Å². The number of nitrogens with one attached hydrogen (secondary N) is 2. The quantitative estimate of drug-likeness (QED) is 0.393. The van der Waals surface area contributed by atoms with Crippen LogP contribution in [0.3, 0.4) is 0 Å². The van der Waals surface area contributed by atoms with E-state index in [9.17, 15) is 9.90 Å². The maximum Gasteiger partial charge on any atom is 0.254 e. The van der Waals surface area contributed by atoms with Gasteiger partial charge in [0.15, 0.2) is 0 Å². The molecule has 174 valence electrons.